The second kappa shape index (κ2) is 6.48. The van der Waals surface area contributed by atoms with Crippen LogP contribution in [0.1, 0.15) is 33.1 Å². The van der Waals surface area contributed by atoms with Gasteiger partial charge in [-0.25, -0.2) is 0 Å². The number of hydrogen-bond donors (Lipinski definition) is 1. The molecule has 1 unspecified atom stereocenters. The zero-order valence-corrected chi connectivity index (χ0v) is 11.8. The second-order valence-corrected chi connectivity index (χ2v) is 5.28. The van der Waals surface area contributed by atoms with Crippen molar-refractivity contribution in [2.75, 3.05) is 0 Å². The number of nitrogens with zero attached hydrogens (tertiary/aromatic N) is 2. The molecule has 1 heterocycles. The maximum Gasteiger partial charge on any atom is 0.247 e. The fraction of sp³-hybridized carbons (Fsp3) is 0.467. The molecule has 2 aromatic rings. The summed E-state index contributed by atoms with van der Waals surface area (Å²) in [5.74, 6) is 1.90. The number of hydrogen-bond acceptors (Lipinski definition) is 4. The predicted octanol–water partition coefficient (Wildman–Crippen LogP) is 3.26. The van der Waals surface area contributed by atoms with Gasteiger partial charge in [0.05, 0.1) is 6.54 Å². The number of benzene rings is 1. The molecule has 1 aromatic carbocycles. The van der Waals surface area contributed by atoms with E-state index >= 15 is 0 Å². The number of rotatable bonds is 6. The zero-order valence-electron chi connectivity index (χ0n) is 11.8. The molecule has 4 nitrogen and oxygen atoms in total. The molecule has 0 aliphatic carbocycles. The Hall–Kier alpha value is -1.68. The van der Waals surface area contributed by atoms with E-state index in [1.807, 2.05) is 30.3 Å². The monoisotopic (exact) mass is 259 g/mol. The number of nitrogens with one attached hydrogen (secondary N) is 1. The predicted molar refractivity (Wildman–Crippen MR) is 75.5 cm³/mol. The van der Waals surface area contributed by atoms with E-state index in [4.69, 9.17) is 4.42 Å². The first-order valence-corrected chi connectivity index (χ1v) is 6.76. The van der Waals surface area contributed by atoms with Gasteiger partial charge in [-0.2, -0.15) is 0 Å². The molecule has 19 heavy (non-hydrogen) atoms. The van der Waals surface area contributed by atoms with Crippen LogP contribution >= 0.6 is 0 Å². The van der Waals surface area contributed by atoms with Crippen LogP contribution in [-0.4, -0.2) is 16.2 Å². The lowest BCUT2D eigenvalue weighted by Crippen LogP contribution is -2.26. The molecule has 2 rings (SSSR count). The molecule has 0 spiro atoms. The third kappa shape index (κ3) is 4.17. The highest BCUT2D eigenvalue weighted by Crippen LogP contribution is 2.16. The first-order chi connectivity index (χ1) is 9.15. The van der Waals surface area contributed by atoms with Crippen LogP contribution in [0.3, 0.4) is 0 Å². The minimum atomic E-state index is 0.451. The van der Waals surface area contributed by atoms with Crippen LogP contribution in [0, 0.1) is 5.92 Å². The fourth-order valence-electron chi connectivity index (χ4n) is 2.07. The fourth-order valence-corrected chi connectivity index (χ4v) is 2.07. The van der Waals surface area contributed by atoms with Crippen molar-refractivity contribution in [2.45, 2.75) is 39.8 Å². The van der Waals surface area contributed by atoms with Gasteiger partial charge in [0.15, 0.2) is 0 Å². The highest BCUT2D eigenvalue weighted by atomic mass is 16.4. The Kier molecular flexibility index (Phi) is 4.68. The molecule has 4 heteroatoms. The molecule has 0 saturated heterocycles. The standard InChI is InChI=1S/C15H21N3O/c1-11(2)9-12(3)16-10-14-17-18-15(19-14)13-7-5-4-6-8-13/h4-8,11-12,16H,9-10H2,1-3H3. The Morgan fingerprint density at radius 3 is 2.53 bits per heavy atom. The van der Waals surface area contributed by atoms with E-state index in [2.05, 4.69) is 36.3 Å². The van der Waals surface area contributed by atoms with Crippen LogP contribution in [0.2, 0.25) is 0 Å². The lowest BCUT2D eigenvalue weighted by molar-refractivity contribution is 0.406. The largest absolute Gasteiger partial charge is 0.419 e. The highest BCUT2D eigenvalue weighted by Gasteiger charge is 2.10. The second-order valence-electron chi connectivity index (χ2n) is 5.28. The quantitative estimate of drug-likeness (QED) is 0.865. The van der Waals surface area contributed by atoms with E-state index in [-0.39, 0.29) is 0 Å². The molecule has 0 radical (unpaired) electrons. The van der Waals surface area contributed by atoms with Crippen LogP contribution in [0.15, 0.2) is 34.7 Å². The van der Waals surface area contributed by atoms with E-state index in [0.717, 1.165) is 12.0 Å². The van der Waals surface area contributed by atoms with Crippen LogP contribution < -0.4 is 5.32 Å². The minimum absolute atomic E-state index is 0.451. The van der Waals surface area contributed by atoms with Crippen LogP contribution in [-0.2, 0) is 6.54 Å². The molecular formula is C15H21N3O. The average Bonchev–Trinajstić information content (AvgIpc) is 2.85. The van der Waals surface area contributed by atoms with E-state index in [9.17, 15) is 0 Å². The highest BCUT2D eigenvalue weighted by molar-refractivity contribution is 5.51. The normalized spacial score (nSPS) is 12.8. The van der Waals surface area contributed by atoms with Gasteiger partial charge < -0.3 is 9.73 Å². The first-order valence-electron chi connectivity index (χ1n) is 6.76. The summed E-state index contributed by atoms with van der Waals surface area (Å²) >= 11 is 0. The zero-order chi connectivity index (χ0) is 13.7. The summed E-state index contributed by atoms with van der Waals surface area (Å²) in [5.41, 5.74) is 0.955. The Balaban J connectivity index is 1.91. The molecule has 1 atom stereocenters. The Labute approximate surface area is 114 Å². The summed E-state index contributed by atoms with van der Waals surface area (Å²) in [4.78, 5) is 0. The molecule has 0 amide bonds. The molecule has 0 fully saturated rings. The topological polar surface area (TPSA) is 51.0 Å². The van der Waals surface area contributed by atoms with Crippen molar-refractivity contribution in [1.82, 2.24) is 15.5 Å². The number of aromatic nitrogens is 2. The van der Waals surface area contributed by atoms with Gasteiger partial charge in [0.1, 0.15) is 0 Å². The van der Waals surface area contributed by atoms with Gasteiger partial charge in [-0.15, -0.1) is 10.2 Å². The van der Waals surface area contributed by atoms with E-state index in [1.165, 1.54) is 0 Å². The molecule has 0 bridgehead atoms. The molecule has 1 aromatic heterocycles. The summed E-state index contributed by atoms with van der Waals surface area (Å²) < 4.78 is 5.64. The average molecular weight is 259 g/mol. The van der Waals surface area contributed by atoms with Crippen molar-refractivity contribution in [3.8, 4) is 11.5 Å². The molecular weight excluding hydrogens is 238 g/mol. The van der Waals surface area contributed by atoms with Crippen molar-refractivity contribution in [3.05, 3.63) is 36.2 Å². The maximum atomic E-state index is 5.64. The summed E-state index contributed by atoms with van der Waals surface area (Å²) in [5, 5.41) is 11.5. The van der Waals surface area contributed by atoms with Crippen LogP contribution in [0.4, 0.5) is 0 Å². The van der Waals surface area contributed by atoms with Crippen molar-refractivity contribution in [3.63, 3.8) is 0 Å². The van der Waals surface area contributed by atoms with Gasteiger partial charge in [0.2, 0.25) is 11.8 Å². The lowest BCUT2D eigenvalue weighted by atomic mass is 10.1. The Morgan fingerprint density at radius 2 is 1.84 bits per heavy atom. The van der Waals surface area contributed by atoms with Gasteiger partial charge in [-0.1, -0.05) is 32.0 Å². The van der Waals surface area contributed by atoms with Crippen molar-refractivity contribution < 1.29 is 4.42 Å². The van der Waals surface area contributed by atoms with Crippen molar-refractivity contribution >= 4 is 0 Å². The first kappa shape index (κ1) is 13.7. The minimum Gasteiger partial charge on any atom is -0.419 e. The summed E-state index contributed by atoms with van der Waals surface area (Å²) in [7, 11) is 0. The molecule has 0 saturated carbocycles. The van der Waals surface area contributed by atoms with Gasteiger partial charge in [-0.05, 0) is 31.4 Å². The van der Waals surface area contributed by atoms with Gasteiger partial charge in [-0.3, -0.25) is 0 Å². The molecule has 102 valence electrons. The Morgan fingerprint density at radius 1 is 1.11 bits per heavy atom. The summed E-state index contributed by atoms with van der Waals surface area (Å²) in [6.45, 7) is 7.24. The molecule has 1 N–H and O–H groups in total. The van der Waals surface area contributed by atoms with Crippen LogP contribution in [0.5, 0.6) is 0 Å². The van der Waals surface area contributed by atoms with E-state index < -0.39 is 0 Å². The lowest BCUT2D eigenvalue weighted by Gasteiger charge is -2.14. The summed E-state index contributed by atoms with van der Waals surface area (Å²) in [6.07, 6.45) is 1.14. The van der Waals surface area contributed by atoms with E-state index in [0.29, 0.717) is 30.3 Å². The van der Waals surface area contributed by atoms with Crippen LogP contribution in [0.25, 0.3) is 11.5 Å². The van der Waals surface area contributed by atoms with Gasteiger partial charge in [0, 0.05) is 11.6 Å². The van der Waals surface area contributed by atoms with Crippen molar-refractivity contribution in [2.24, 2.45) is 5.92 Å². The van der Waals surface area contributed by atoms with Gasteiger partial charge >= 0.3 is 0 Å². The smallest absolute Gasteiger partial charge is 0.247 e. The molecule has 0 aliphatic rings. The third-order valence-corrected chi connectivity index (χ3v) is 2.91. The third-order valence-electron chi connectivity index (χ3n) is 2.91. The van der Waals surface area contributed by atoms with Crippen molar-refractivity contribution in [1.29, 1.82) is 0 Å². The SMILES string of the molecule is CC(C)CC(C)NCc1nnc(-c2ccccc2)o1. The maximum absolute atomic E-state index is 5.64. The van der Waals surface area contributed by atoms with E-state index in [1.54, 1.807) is 0 Å². The van der Waals surface area contributed by atoms with Gasteiger partial charge in [0.25, 0.3) is 0 Å². The summed E-state index contributed by atoms with van der Waals surface area (Å²) in [6, 6.07) is 10.3. The molecule has 0 aliphatic heterocycles. The Bertz CT molecular complexity index is 493.